The molecule has 1 fully saturated rings. The number of thiophene rings is 1. The van der Waals surface area contributed by atoms with Crippen LogP contribution in [0.25, 0.3) is 0 Å². The van der Waals surface area contributed by atoms with Gasteiger partial charge in [0.2, 0.25) is 0 Å². The maximum Gasteiger partial charge on any atom is 0.334 e. The van der Waals surface area contributed by atoms with Crippen LogP contribution in [0.4, 0.5) is 20.6 Å². The fraction of sp³-hybridized carbons (Fsp3) is 0.619. The molecular weight excluding hydrogens is 467 g/mol. The van der Waals surface area contributed by atoms with Crippen molar-refractivity contribution in [2.75, 3.05) is 29.8 Å². The highest BCUT2D eigenvalue weighted by molar-refractivity contribution is 7.91. The van der Waals surface area contributed by atoms with E-state index >= 15 is 0 Å². The van der Waals surface area contributed by atoms with Crippen LogP contribution in [-0.2, 0) is 17.3 Å². The lowest BCUT2D eigenvalue weighted by Crippen LogP contribution is -2.56. The van der Waals surface area contributed by atoms with E-state index in [2.05, 4.69) is 29.0 Å². The van der Waals surface area contributed by atoms with E-state index in [1.165, 1.54) is 17.1 Å². The van der Waals surface area contributed by atoms with E-state index in [0.29, 0.717) is 12.2 Å². The lowest BCUT2D eigenvalue weighted by Gasteiger charge is -2.38. The van der Waals surface area contributed by atoms with Crippen LogP contribution < -0.4 is 14.3 Å². The molecule has 2 amide bonds. The second kappa shape index (κ2) is 9.98. The highest BCUT2D eigenvalue weighted by atomic mass is 32.2. The van der Waals surface area contributed by atoms with Crippen molar-refractivity contribution in [3.8, 4) is 0 Å². The number of nitrogens with zero attached hydrogens (tertiary/aromatic N) is 4. The van der Waals surface area contributed by atoms with Gasteiger partial charge in [-0.15, -0.1) is 11.3 Å². The molecule has 1 saturated heterocycles. The Kier molecular flexibility index (Phi) is 7.69. The van der Waals surface area contributed by atoms with Crippen molar-refractivity contribution in [2.45, 2.75) is 58.2 Å². The fourth-order valence-corrected chi connectivity index (χ4v) is 6.43. The average molecular weight is 501 g/mol. The molecule has 1 aliphatic rings. The SMILES string of the molecule is CC(C)c1cc(NC(=O)NS(=O)(=O)N(c2cnn(C)c2)[C@H]2C[C@H](F)CN(C)C2)c(C(C)C)s1. The quantitative estimate of drug-likeness (QED) is 0.605. The van der Waals surface area contributed by atoms with E-state index in [1.807, 2.05) is 19.9 Å². The summed E-state index contributed by atoms with van der Waals surface area (Å²) in [5, 5.41) is 6.76. The zero-order valence-corrected chi connectivity index (χ0v) is 21.5. The summed E-state index contributed by atoms with van der Waals surface area (Å²) in [7, 11) is -0.941. The first-order chi connectivity index (χ1) is 15.4. The summed E-state index contributed by atoms with van der Waals surface area (Å²) < 4.78 is 45.7. The summed E-state index contributed by atoms with van der Waals surface area (Å²) in [6.07, 6.45) is 1.78. The lowest BCUT2D eigenvalue weighted by molar-refractivity contribution is 0.148. The topological polar surface area (TPSA) is 99.6 Å². The number of carbonyl (C=O) groups is 1. The Hall–Kier alpha value is -2.18. The van der Waals surface area contributed by atoms with Crippen LogP contribution in [0.1, 0.15) is 55.7 Å². The van der Waals surface area contributed by atoms with E-state index in [1.54, 1.807) is 30.3 Å². The van der Waals surface area contributed by atoms with Crippen molar-refractivity contribution in [3.05, 3.63) is 28.2 Å². The number of halogens is 1. The van der Waals surface area contributed by atoms with Crippen LogP contribution in [0.2, 0.25) is 0 Å². The molecule has 2 aromatic rings. The number of likely N-dealkylation sites (N-methyl/N-ethyl adjacent to an activating group) is 1. The van der Waals surface area contributed by atoms with Crippen molar-refractivity contribution in [2.24, 2.45) is 7.05 Å². The Morgan fingerprint density at radius 2 is 1.94 bits per heavy atom. The van der Waals surface area contributed by atoms with Gasteiger partial charge in [-0.05, 0) is 24.9 Å². The maximum atomic E-state index is 14.3. The van der Waals surface area contributed by atoms with Crippen molar-refractivity contribution in [1.29, 1.82) is 0 Å². The van der Waals surface area contributed by atoms with Crippen LogP contribution in [-0.4, -0.2) is 61.5 Å². The molecule has 0 radical (unpaired) electrons. The number of aryl methyl sites for hydroxylation is 1. The van der Waals surface area contributed by atoms with Gasteiger partial charge in [0.15, 0.2) is 0 Å². The van der Waals surface area contributed by atoms with Crippen LogP contribution >= 0.6 is 11.3 Å². The number of nitrogens with one attached hydrogen (secondary N) is 2. The van der Waals surface area contributed by atoms with E-state index in [4.69, 9.17) is 0 Å². The largest absolute Gasteiger partial charge is 0.334 e. The molecule has 2 N–H and O–H groups in total. The van der Waals surface area contributed by atoms with E-state index in [-0.39, 0.29) is 30.5 Å². The van der Waals surface area contributed by atoms with Crippen LogP contribution in [0, 0.1) is 0 Å². The summed E-state index contributed by atoms with van der Waals surface area (Å²) in [6.45, 7) is 8.74. The minimum atomic E-state index is -4.34. The minimum absolute atomic E-state index is 0.0293. The van der Waals surface area contributed by atoms with Gasteiger partial charge in [0.05, 0.1) is 23.6 Å². The van der Waals surface area contributed by atoms with Gasteiger partial charge in [-0.3, -0.25) is 4.68 Å². The number of rotatable bonds is 7. The predicted molar refractivity (Wildman–Crippen MR) is 130 cm³/mol. The molecular formula is C21H33FN6O3S2. The Bertz CT molecular complexity index is 1070. The molecule has 0 unspecified atom stereocenters. The number of alkyl halides is 1. The van der Waals surface area contributed by atoms with Crippen molar-refractivity contribution < 1.29 is 17.6 Å². The van der Waals surface area contributed by atoms with E-state index in [0.717, 1.165) is 14.1 Å². The standard InChI is InChI=1S/C21H33FN6O3S2/c1-13(2)19-8-18(20(32-19)14(3)4)24-21(29)25-33(30,31)28(17-9-23-27(6)12-17)16-7-15(22)10-26(5)11-16/h8-9,12-16H,7,10-11H2,1-6H3,(H2,24,25,29)/t15-,16-/m0/s1. The van der Waals surface area contributed by atoms with E-state index < -0.39 is 28.5 Å². The second-order valence-electron chi connectivity index (χ2n) is 9.17. The Morgan fingerprint density at radius 3 is 2.48 bits per heavy atom. The number of carbonyl (C=O) groups excluding carboxylic acids is 1. The molecule has 9 nitrogen and oxygen atoms in total. The number of anilines is 2. The van der Waals surface area contributed by atoms with Crippen molar-refractivity contribution in [3.63, 3.8) is 0 Å². The summed E-state index contributed by atoms with van der Waals surface area (Å²) in [5.74, 6) is 0.452. The fourth-order valence-electron chi connectivity index (χ4n) is 4.00. The van der Waals surface area contributed by atoms with Crippen LogP contribution in [0.15, 0.2) is 18.5 Å². The summed E-state index contributed by atoms with van der Waals surface area (Å²) in [4.78, 5) is 16.6. The van der Waals surface area contributed by atoms with Gasteiger partial charge in [-0.1, -0.05) is 27.7 Å². The first-order valence-electron chi connectivity index (χ1n) is 11.0. The number of likely N-dealkylation sites (tertiary alicyclic amines) is 1. The summed E-state index contributed by atoms with van der Waals surface area (Å²) in [6, 6.07) is 0.340. The third-order valence-electron chi connectivity index (χ3n) is 5.44. The number of piperidine rings is 1. The summed E-state index contributed by atoms with van der Waals surface area (Å²) >= 11 is 1.60. The average Bonchev–Trinajstić information content (AvgIpc) is 3.27. The smallest absolute Gasteiger partial charge is 0.306 e. The Labute approximate surface area is 199 Å². The monoisotopic (exact) mass is 500 g/mol. The Balaban J connectivity index is 1.86. The Morgan fingerprint density at radius 1 is 1.24 bits per heavy atom. The number of hydrogen-bond acceptors (Lipinski definition) is 6. The molecule has 3 heterocycles. The first-order valence-corrected chi connectivity index (χ1v) is 13.2. The van der Waals surface area contributed by atoms with Gasteiger partial charge >= 0.3 is 16.2 Å². The van der Waals surface area contributed by atoms with Crippen molar-refractivity contribution in [1.82, 2.24) is 19.4 Å². The molecule has 184 valence electrons. The predicted octanol–water partition coefficient (Wildman–Crippen LogP) is 3.64. The van der Waals surface area contributed by atoms with Gasteiger partial charge in [-0.2, -0.15) is 13.5 Å². The number of hydrogen-bond donors (Lipinski definition) is 2. The number of amides is 2. The molecule has 12 heteroatoms. The number of urea groups is 1. The molecule has 2 atom stereocenters. The molecule has 0 bridgehead atoms. The maximum absolute atomic E-state index is 14.3. The minimum Gasteiger partial charge on any atom is -0.306 e. The molecule has 0 spiro atoms. The molecule has 0 aromatic carbocycles. The van der Waals surface area contributed by atoms with Gasteiger partial charge in [0, 0.05) is 42.5 Å². The second-order valence-corrected chi connectivity index (χ2v) is 11.8. The zero-order valence-electron chi connectivity index (χ0n) is 19.9. The van der Waals surface area contributed by atoms with Crippen molar-refractivity contribution >= 4 is 39.0 Å². The van der Waals surface area contributed by atoms with Gasteiger partial charge in [-0.25, -0.2) is 18.2 Å². The van der Waals surface area contributed by atoms with Gasteiger partial charge < -0.3 is 10.2 Å². The third kappa shape index (κ3) is 6.04. The highest BCUT2D eigenvalue weighted by Gasteiger charge is 2.37. The molecule has 2 aromatic heterocycles. The molecule has 0 saturated carbocycles. The first kappa shape index (κ1) is 25.4. The molecule has 33 heavy (non-hydrogen) atoms. The lowest BCUT2D eigenvalue weighted by atomic mass is 10.0. The molecule has 1 aliphatic heterocycles. The summed E-state index contributed by atoms with van der Waals surface area (Å²) in [5.41, 5.74) is 0.867. The molecule has 0 aliphatic carbocycles. The molecule has 3 rings (SSSR count). The zero-order chi connectivity index (χ0) is 24.5. The van der Waals surface area contributed by atoms with Crippen LogP contribution in [0.3, 0.4) is 0 Å². The van der Waals surface area contributed by atoms with E-state index in [9.17, 15) is 17.6 Å². The van der Waals surface area contributed by atoms with Gasteiger partial charge in [0.25, 0.3) is 0 Å². The van der Waals surface area contributed by atoms with Crippen LogP contribution in [0.5, 0.6) is 0 Å². The normalized spacial score (nSPS) is 19.8. The third-order valence-corrected chi connectivity index (χ3v) is 8.65. The van der Waals surface area contributed by atoms with Gasteiger partial charge in [0.1, 0.15) is 6.17 Å². The number of aromatic nitrogens is 2. The highest BCUT2D eigenvalue weighted by Crippen LogP contribution is 2.37.